The van der Waals surface area contributed by atoms with Crippen LogP contribution in [0.25, 0.3) is 0 Å². The molecule has 0 radical (unpaired) electrons. The third-order valence-corrected chi connectivity index (χ3v) is 4.91. The number of carbonyl (C=O) groups is 1. The van der Waals surface area contributed by atoms with Crippen molar-refractivity contribution in [3.8, 4) is 0 Å². The summed E-state index contributed by atoms with van der Waals surface area (Å²) in [6.45, 7) is 4.56. The Hall–Kier alpha value is -2.41. The van der Waals surface area contributed by atoms with Gasteiger partial charge in [0, 0.05) is 6.54 Å². The summed E-state index contributed by atoms with van der Waals surface area (Å²) in [5, 5.41) is 3.89. The fraction of sp³-hybridized carbons (Fsp3) is 0.500. The fourth-order valence-electron chi connectivity index (χ4n) is 3.64. The number of aryl methyl sites for hydroxylation is 1. The Bertz CT molecular complexity index is 733. The van der Waals surface area contributed by atoms with E-state index in [-0.39, 0.29) is 18.1 Å². The molecule has 0 bridgehead atoms. The number of amides is 1. The van der Waals surface area contributed by atoms with E-state index in [9.17, 15) is 4.79 Å². The second-order valence-electron chi connectivity index (χ2n) is 6.71. The Morgan fingerprint density at radius 3 is 2.88 bits per heavy atom. The van der Waals surface area contributed by atoms with Gasteiger partial charge in [-0.15, -0.1) is 0 Å². The first kappa shape index (κ1) is 16.1. The molecule has 1 aromatic heterocycles. The van der Waals surface area contributed by atoms with Gasteiger partial charge in [0.25, 0.3) is 0 Å². The third kappa shape index (κ3) is 3.37. The minimum atomic E-state index is -0.246. The molecular formula is C18H22N4O3. The second kappa shape index (κ2) is 6.84. The van der Waals surface area contributed by atoms with Gasteiger partial charge in [-0.3, -0.25) is 9.80 Å². The van der Waals surface area contributed by atoms with Gasteiger partial charge in [-0.05, 0) is 31.9 Å². The van der Waals surface area contributed by atoms with Crippen molar-refractivity contribution in [3.63, 3.8) is 0 Å². The molecule has 0 spiro atoms. The van der Waals surface area contributed by atoms with Gasteiger partial charge in [-0.1, -0.05) is 35.5 Å². The summed E-state index contributed by atoms with van der Waals surface area (Å²) in [7, 11) is 0. The number of benzene rings is 1. The molecule has 132 valence electrons. The van der Waals surface area contributed by atoms with Crippen molar-refractivity contribution in [1.82, 2.24) is 19.9 Å². The predicted molar refractivity (Wildman–Crippen MR) is 89.8 cm³/mol. The van der Waals surface area contributed by atoms with Crippen LogP contribution in [-0.2, 0) is 4.74 Å². The standard InChI is InChI=1S/C18H22N4O3/c1-13-19-17(25-20-13)15-8-5-9-21(10-15)12-22-16(11-24-18(22)23)14-6-3-2-4-7-14/h2-4,6-7,15-16H,5,8-12H2,1H3/t15-,16-/m1/s1. The summed E-state index contributed by atoms with van der Waals surface area (Å²) < 4.78 is 10.6. The Balaban J connectivity index is 1.45. The first-order valence-electron chi connectivity index (χ1n) is 8.71. The number of carbonyl (C=O) groups excluding carboxylic acids is 1. The number of hydrogen-bond donors (Lipinski definition) is 0. The van der Waals surface area contributed by atoms with E-state index in [0.717, 1.165) is 31.5 Å². The fourth-order valence-corrected chi connectivity index (χ4v) is 3.64. The maximum atomic E-state index is 12.2. The van der Waals surface area contributed by atoms with Crippen molar-refractivity contribution in [2.24, 2.45) is 0 Å². The van der Waals surface area contributed by atoms with Crippen LogP contribution in [0.3, 0.4) is 0 Å². The topological polar surface area (TPSA) is 71.7 Å². The Morgan fingerprint density at radius 1 is 1.28 bits per heavy atom. The minimum Gasteiger partial charge on any atom is -0.447 e. The van der Waals surface area contributed by atoms with Gasteiger partial charge in [0.2, 0.25) is 5.89 Å². The van der Waals surface area contributed by atoms with E-state index in [1.807, 2.05) is 42.2 Å². The summed E-state index contributed by atoms with van der Waals surface area (Å²) in [5.41, 5.74) is 1.11. The molecule has 2 saturated heterocycles. The third-order valence-electron chi connectivity index (χ3n) is 4.91. The largest absolute Gasteiger partial charge is 0.447 e. The first-order chi connectivity index (χ1) is 12.2. The van der Waals surface area contributed by atoms with Gasteiger partial charge in [0.05, 0.1) is 18.6 Å². The molecule has 1 amide bonds. The van der Waals surface area contributed by atoms with E-state index >= 15 is 0 Å². The number of hydrogen-bond acceptors (Lipinski definition) is 6. The highest BCUT2D eigenvalue weighted by atomic mass is 16.6. The number of nitrogens with zero attached hydrogens (tertiary/aromatic N) is 4. The number of cyclic esters (lactones) is 1. The molecule has 2 atom stereocenters. The van der Waals surface area contributed by atoms with Gasteiger partial charge < -0.3 is 9.26 Å². The van der Waals surface area contributed by atoms with Crippen LogP contribution in [0.15, 0.2) is 34.9 Å². The van der Waals surface area contributed by atoms with Crippen molar-refractivity contribution in [1.29, 1.82) is 0 Å². The molecule has 3 heterocycles. The van der Waals surface area contributed by atoms with Crippen LogP contribution < -0.4 is 0 Å². The lowest BCUT2D eigenvalue weighted by Gasteiger charge is -2.34. The minimum absolute atomic E-state index is 0.0280. The quantitative estimate of drug-likeness (QED) is 0.851. The molecule has 7 heteroatoms. The average Bonchev–Trinajstić information content (AvgIpc) is 3.23. The van der Waals surface area contributed by atoms with Crippen molar-refractivity contribution in [3.05, 3.63) is 47.6 Å². The molecule has 2 fully saturated rings. The first-order valence-corrected chi connectivity index (χ1v) is 8.71. The maximum absolute atomic E-state index is 12.2. The van der Waals surface area contributed by atoms with E-state index in [0.29, 0.717) is 25.0 Å². The van der Waals surface area contributed by atoms with Crippen molar-refractivity contribution in [2.45, 2.75) is 31.7 Å². The summed E-state index contributed by atoms with van der Waals surface area (Å²) >= 11 is 0. The van der Waals surface area contributed by atoms with E-state index in [2.05, 4.69) is 15.0 Å². The highest BCUT2D eigenvalue weighted by Crippen LogP contribution is 2.30. The van der Waals surface area contributed by atoms with Crippen LogP contribution in [0.1, 0.15) is 42.1 Å². The van der Waals surface area contributed by atoms with Crippen LogP contribution in [0, 0.1) is 6.92 Å². The van der Waals surface area contributed by atoms with Crippen molar-refractivity contribution in [2.75, 3.05) is 26.4 Å². The molecule has 25 heavy (non-hydrogen) atoms. The molecule has 0 saturated carbocycles. The zero-order valence-corrected chi connectivity index (χ0v) is 14.3. The number of ether oxygens (including phenoxy) is 1. The van der Waals surface area contributed by atoms with Crippen LogP contribution in [-0.4, -0.2) is 52.4 Å². The normalized spacial score (nSPS) is 24.5. The highest BCUT2D eigenvalue weighted by molar-refractivity contribution is 5.70. The predicted octanol–water partition coefficient (Wildman–Crippen LogP) is 2.71. The smallest absolute Gasteiger partial charge is 0.411 e. The summed E-state index contributed by atoms with van der Waals surface area (Å²) in [5.74, 6) is 1.59. The lowest BCUT2D eigenvalue weighted by Crippen LogP contribution is -2.44. The molecule has 2 aromatic rings. The summed E-state index contributed by atoms with van der Waals surface area (Å²) in [4.78, 5) is 20.7. The summed E-state index contributed by atoms with van der Waals surface area (Å²) in [6, 6.07) is 10.0. The molecular weight excluding hydrogens is 320 g/mol. The lowest BCUT2D eigenvalue weighted by atomic mass is 9.98. The van der Waals surface area contributed by atoms with Crippen LogP contribution in [0.5, 0.6) is 0 Å². The highest BCUT2D eigenvalue weighted by Gasteiger charge is 2.36. The molecule has 7 nitrogen and oxygen atoms in total. The van der Waals surface area contributed by atoms with E-state index in [4.69, 9.17) is 9.26 Å². The number of rotatable bonds is 4. The monoisotopic (exact) mass is 342 g/mol. The van der Waals surface area contributed by atoms with Crippen LogP contribution >= 0.6 is 0 Å². The SMILES string of the molecule is Cc1noc([C@@H]2CCCN(CN3C(=O)OC[C@@H]3c3ccccc3)C2)n1. The average molecular weight is 342 g/mol. The van der Waals surface area contributed by atoms with E-state index in [1.165, 1.54) is 0 Å². The number of aromatic nitrogens is 2. The number of piperidine rings is 1. The van der Waals surface area contributed by atoms with E-state index in [1.54, 1.807) is 0 Å². The molecule has 2 aliphatic heterocycles. The van der Waals surface area contributed by atoms with Gasteiger partial charge in [0.15, 0.2) is 5.82 Å². The second-order valence-corrected chi connectivity index (χ2v) is 6.71. The van der Waals surface area contributed by atoms with Gasteiger partial charge in [-0.25, -0.2) is 4.79 Å². The Labute approximate surface area is 146 Å². The van der Waals surface area contributed by atoms with Gasteiger partial charge in [0.1, 0.15) is 6.61 Å². The van der Waals surface area contributed by atoms with Crippen LogP contribution in [0.4, 0.5) is 4.79 Å². The summed E-state index contributed by atoms with van der Waals surface area (Å²) in [6.07, 6.45) is 1.83. The van der Waals surface area contributed by atoms with Crippen molar-refractivity contribution >= 4 is 6.09 Å². The zero-order valence-electron chi connectivity index (χ0n) is 14.3. The molecule has 0 unspecified atom stereocenters. The molecule has 1 aromatic carbocycles. The Kier molecular flexibility index (Phi) is 4.40. The Morgan fingerprint density at radius 2 is 2.12 bits per heavy atom. The number of likely N-dealkylation sites (tertiary alicyclic amines) is 1. The maximum Gasteiger partial charge on any atom is 0.411 e. The van der Waals surface area contributed by atoms with E-state index < -0.39 is 0 Å². The molecule has 0 N–H and O–H groups in total. The molecule has 4 rings (SSSR count). The lowest BCUT2D eigenvalue weighted by molar-refractivity contribution is 0.0986. The zero-order chi connectivity index (χ0) is 17.2. The van der Waals surface area contributed by atoms with Gasteiger partial charge >= 0.3 is 6.09 Å². The van der Waals surface area contributed by atoms with Crippen molar-refractivity contribution < 1.29 is 14.1 Å². The molecule has 2 aliphatic rings. The van der Waals surface area contributed by atoms with Crippen LogP contribution in [0.2, 0.25) is 0 Å². The molecule has 0 aliphatic carbocycles. The van der Waals surface area contributed by atoms with Gasteiger partial charge in [-0.2, -0.15) is 4.98 Å².